The molecule has 4 nitrogen and oxygen atoms in total. The fraction of sp³-hybridized carbons (Fsp3) is 0.125. The van der Waals surface area contributed by atoms with Crippen molar-refractivity contribution >= 4 is 17.1 Å². The Morgan fingerprint density at radius 1 is 1.20 bits per heavy atom. The second-order valence-electron chi connectivity index (χ2n) is 4.29. The summed E-state index contributed by atoms with van der Waals surface area (Å²) < 4.78 is 10.7. The molecule has 0 aliphatic heterocycles. The molecule has 20 heavy (non-hydrogen) atoms. The predicted molar refractivity (Wildman–Crippen MR) is 75.4 cm³/mol. The summed E-state index contributed by atoms with van der Waals surface area (Å²) in [4.78, 5) is 16.1. The van der Waals surface area contributed by atoms with E-state index in [0.29, 0.717) is 18.1 Å². The van der Waals surface area contributed by atoms with Crippen LogP contribution in [-0.2, 0) is 4.74 Å². The molecule has 1 heterocycles. The second kappa shape index (κ2) is 5.17. The lowest BCUT2D eigenvalue weighted by Gasteiger charge is -2.02. The molecule has 0 fully saturated rings. The fourth-order valence-electron chi connectivity index (χ4n) is 1.99. The molecule has 0 bridgehead atoms. The lowest BCUT2D eigenvalue weighted by atomic mass is 10.1. The van der Waals surface area contributed by atoms with E-state index in [-0.39, 0.29) is 5.97 Å². The first kappa shape index (κ1) is 12.4. The van der Waals surface area contributed by atoms with E-state index in [1.165, 1.54) is 0 Å². The maximum atomic E-state index is 11.7. The van der Waals surface area contributed by atoms with Crippen molar-refractivity contribution in [3.8, 4) is 11.5 Å². The maximum Gasteiger partial charge on any atom is 0.338 e. The number of carbonyl (C=O) groups excluding carboxylic acids is 1. The molecule has 0 amide bonds. The number of rotatable bonds is 3. The molecule has 0 N–H and O–H groups in total. The number of oxazole rings is 1. The highest BCUT2D eigenvalue weighted by Gasteiger charge is 2.11. The molecule has 0 spiro atoms. The first-order valence-electron chi connectivity index (χ1n) is 6.41. The number of para-hydroxylation sites is 2. The van der Waals surface area contributed by atoms with E-state index in [1.807, 2.05) is 30.3 Å². The largest absolute Gasteiger partial charge is 0.462 e. The Morgan fingerprint density at radius 2 is 2.05 bits per heavy atom. The zero-order chi connectivity index (χ0) is 13.9. The molecule has 3 aromatic rings. The second-order valence-corrected chi connectivity index (χ2v) is 4.29. The molecule has 1 aromatic heterocycles. The van der Waals surface area contributed by atoms with E-state index in [2.05, 4.69) is 4.98 Å². The number of esters is 1. The molecule has 0 aliphatic rings. The van der Waals surface area contributed by atoms with Crippen LogP contribution >= 0.6 is 0 Å². The van der Waals surface area contributed by atoms with Gasteiger partial charge in [-0.05, 0) is 37.3 Å². The lowest BCUT2D eigenvalue weighted by molar-refractivity contribution is 0.0526. The van der Waals surface area contributed by atoms with Gasteiger partial charge in [-0.25, -0.2) is 9.78 Å². The third kappa shape index (κ3) is 2.28. The normalized spacial score (nSPS) is 10.7. The van der Waals surface area contributed by atoms with Crippen LogP contribution in [0.25, 0.3) is 22.6 Å². The Kier molecular flexibility index (Phi) is 3.21. The van der Waals surface area contributed by atoms with E-state index >= 15 is 0 Å². The summed E-state index contributed by atoms with van der Waals surface area (Å²) in [5, 5.41) is 0. The van der Waals surface area contributed by atoms with Crippen LogP contribution in [-0.4, -0.2) is 17.6 Å². The van der Waals surface area contributed by atoms with E-state index in [1.54, 1.807) is 25.1 Å². The Balaban J connectivity index is 2.01. The van der Waals surface area contributed by atoms with Crippen LogP contribution in [0.1, 0.15) is 17.3 Å². The molecule has 0 radical (unpaired) electrons. The summed E-state index contributed by atoms with van der Waals surface area (Å²) in [6.45, 7) is 2.13. The van der Waals surface area contributed by atoms with E-state index in [9.17, 15) is 4.79 Å². The van der Waals surface area contributed by atoms with E-state index < -0.39 is 0 Å². The highest BCUT2D eigenvalue weighted by atomic mass is 16.5. The molecule has 100 valence electrons. The van der Waals surface area contributed by atoms with Crippen LogP contribution in [0.5, 0.6) is 0 Å². The number of aromatic nitrogens is 1. The molecule has 0 atom stereocenters. The van der Waals surface area contributed by atoms with Crippen LogP contribution in [0.15, 0.2) is 52.9 Å². The van der Waals surface area contributed by atoms with Crippen molar-refractivity contribution in [3.05, 3.63) is 54.1 Å². The van der Waals surface area contributed by atoms with Crippen molar-refractivity contribution in [3.63, 3.8) is 0 Å². The first-order chi connectivity index (χ1) is 9.78. The smallest absolute Gasteiger partial charge is 0.338 e. The van der Waals surface area contributed by atoms with Gasteiger partial charge in [-0.15, -0.1) is 0 Å². The standard InChI is InChI=1S/C16H13NO3/c1-2-19-16(18)12-7-5-6-11(10-12)15-17-13-8-3-4-9-14(13)20-15/h3-10H,2H2,1H3. The molecule has 3 rings (SSSR count). The minimum atomic E-state index is -0.342. The summed E-state index contributed by atoms with van der Waals surface area (Å²) >= 11 is 0. The summed E-state index contributed by atoms with van der Waals surface area (Å²) in [6.07, 6.45) is 0. The Labute approximate surface area is 116 Å². The van der Waals surface area contributed by atoms with Crippen molar-refractivity contribution < 1.29 is 13.9 Å². The average Bonchev–Trinajstić information content (AvgIpc) is 2.91. The third-order valence-electron chi connectivity index (χ3n) is 2.91. The molecule has 4 heteroatoms. The minimum Gasteiger partial charge on any atom is -0.462 e. The summed E-state index contributed by atoms with van der Waals surface area (Å²) in [7, 11) is 0. The molecule has 0 saturated carbocycles. The maximum absolute atomic E-state index is 11.7. The van der Waals surface area contributed by atoms with Crippen molar-refractivity contribution in [2.24, 2.45) is 0 Å². The summed E-state index contributed by atoms with van der Waals surface area (Å²) in [6, 6.07) is 14.6. The van der Waals surface area contributed by atoms with Gasteiger partial charge in [0.2, 0.25) is 5.89 Å². The summed E-state index contributed by atoms with van der Waals surface area (Å²) in [5.74, 6) is 0.155. The molecule has 2 aromatic carbocycles. The zero-order valence-corrected chi connectivity index (χ0v) is 11.0. The van der Waals surface area contributed by atoms with Crippen LogP contribution in [0.2, 0.25) is 0 Å². The number of hydrogen-bond acceptors (Lipinski definition) is 4. The van der Waals surface area contributed by atoms with Crippen LogP contribution in [0.4, 0.5) is 0 Å². The average molecular weight is 267 g/mol. The van der Waals surface area contributed by atoms with Crippen LogP contribution in [0, 0.1) is 0 Å². The van der Waals surface area contributed by atoms with Crippen molar-refractivity contribution in [1.29, 1.82) is 0 Å². The van der Waals surface area contributed by atoms with Gasteiger partial charge in [0, 0.05) is 5.56 Å². The van der Waals surface area contributed by atoms with Gasteiger partial charge in [0.25, 0.3) is 0 Å². The van der Waals surface area contributed by atoms with Gasteiger partial charge in [-0.1, -0.05) is 18.2 Å². The van der Waals surface area contributed by atoms with Gasteiger partial charge in [-0.2, -0.15) is 0 Å². The van der Waals surface area contributed by atoms with Gasteiger partial charge in [0.1, 0.15) is 5.52 Å². The van der Waals surface area contributed by atoms with Gasteiger partial charge < -0.3 is 9.15 Å². The SMILES string of the molecule is CCOC(=O)c1cccc(-c2nc3ccccc3o2)c1. The van der Waals surface area contributed by atoms with Gasteiger partial charge in [0.15, 0.2) is 5.58 Å². The predicted octanol–water partition coefficient (Wildman–Crippen LogP) is 3.67. The fourth-order valence-corrected chi connectivity index (χ4v) is 1.99. The molecular formula is C16H13NO3. The van der Waals surface area contributed by atoms with Gasteiger partial charge in [-0.3, -0.25) is 0 Å². The number of benzene rings is 2. The van der Waals surface area contributed by atoms with Crippen molar-refractivity contribution in [2.75, 3.05) is 6.61 Å². The van der Waals surface area contributed by atoms with E-state index in [0.717, 1.165) is 16.7 Å². The monoisotopic (exact) mass is 267 g/mol. The Morgan fingerprint density at radius 3 is 2.85 bits per heavy atom. The topological polar surface area (TPSA) is 52.3 Å². The van der Waals surface area contributed by atoms with Crippen LogP contribution < -0.4 is 0 Å². The Hall–Kier alpha value is -2.62. The van der Waals surface area contributed by atoms with Crippen LogP contribution in [0.3, 0.4) is 0 Å². The van der Waals surface area contributed by atoms with Crippen molar-refractivity contribution in [1.82, 2.24) is 4.98 Å². The molecular weight excluding hydrogens is 254 g/mol. The molecule has 0 saturated heterocycles. The number of ether oxygens (including phenoxy) is 1. The first-order valence-corrected chi connectivity index (χ1v) is 6.41. The van der Waals surface area contributed by atoms with E-state index in [4.69, 9.17) is 9.15 Å². The Bertz CT molecular complexity index is 728. The quantitative estimate of drug-likeness (QED) is 0.679. The number of nitrogens with zero attached hydrogens (tertiary/aromatic N) is 1. The number of fused-ring (bicyclic) bond motifs is 1. The summed E-state index contributed by atoms with van der Waals surface area (Å²) in [5.41, 5.74) is 2.77. The zero-order valence-electron chi connectivity index (χ0n) is 11.0. The molecule has 0 aliphatic carbocycles. The van der Waals surface area contributed by atoms with Gasteiger partial charge >= 0.3 is 5.97 Å². The number of hydrogen-bond donors (Lipinski definition) is 0. The van der Waals surface area contributed by atoms with Crippen molar-refractivity contribution in [2.45, 2.75) is 6.92 Å². The lowest BCUT2D eigenvalue weighted by Crippen LogP contribution is -2.04. The highest BCUT2D eigenvalue weighted by molar-refractivity contribution is 5.90. The van der Waals surface area contributed by atoms with Gasteiger partial charge in [0.05, 0.1) is 12.2 Å². The molecule has 0 unspecified atom stereocenters. The number of carbonyl (C=O) groups is 1. The highest BCUT2D eigenvalue weighted by Crippen LogP contribution is 2.24. The minimum absolute atomic E-state index is 0.342. The third-order valence-corrected chi connectivity index (χ3v) is 2.91.